The molecule has 2 rings (SSSR count). The maximum Gasteiger partial charge on any atom is 0.453 e. The lowest BCUT2D eigenvalue weighted by molar-refractivity contribution is -0.144. The van der Waals surface area contributed by atoms with Crippen molar-refractivity contribution in [3.05, 3.63) is 29.3 Å². The molecule has 1 heterocycles. The fourth-order valence-corrected chi connectivity index (χ4v) is 1.87. The van der Waals surface area contributed by atoms with Crippen LogP contribution in [0.1, 0.15) is 11.4 Å². The highest BCUT2D eigenvalue weighted by Gasteiger charge is 2.38. The molecule has 0 spiro atoms. The van der Waals surface area contributed by atoms with Crippen LogP contribution in [0.2, 0.25) is 0 Å². The van der Waals surface area contributed by atoms with Crippen molar-refractivity contribution in [2.45, 2.75) is 18.0 Å². The Morgan fingerprint density at radius 1 is 1.24 bits per heavy atom. The Bertz CT molecular complexity index is 679. The minimum atomic E-state index is -4.71. The van der Waals surface area contributed by atoms with Crippen LogP contribution < -0.4 is 4.90 Å². The summed E-state index contributed by atoms with van der Waals surface area (Å²) in [6.45, 7) is 1.64. The van der Waals surface area contributed by atoms with Crippen LogP contribution in [-0.4, -0.2) is 28.9 Å². The van der Waals surface area contributed by atoms with Crippen molar-refractivity contribution in [2.24, 2.45) is 0 Å². The number of alkyl halides is 3. The van der Waals surface area contributed by atoms with Gasteiger partial charge in [0.1, 0.15) is 11.5 Å². The van der Waals surface area contributed by atoms with E-state index in [1.165, 1.54) is 31.1 Å². The van der Waals surface area contributed by atoms with E-state index in [-0.39, 0.29) is 11.6 Å². The Morgan fingerprint density at radius 2 is 1.86 bits per heavy atom. The van der Waals surface area contributed by atoms with Crippen LogP contribution in [0.15, 0.2) is 17.0 Å². The molecule has 0 atom stereocenters. The largest absolute Gasteiger partial charge is 0.453 e. The number of nitrogens with zero attached hydrogens (tertiary/aromatic N) is 4. The van der Waals surface area contributed by atoms with Gasteiger partial charge in [-0.1, -0.05) is 0 Å². The molecule has 0 bridgehead atoms. The van der Waals surface area contributed by atoms with E-state index in [0.717, 1.165) is 4.68 Å². The molecule has 1 aromatic heterocycles. The number of anilines is 1. The van der Waals surface area contributed by atoms with E-state index in [0.29, 0.717) is 10.5 Å². The Hall–Kier alpha value is -1.77. The van der Waals surface area contributed by atoms with Gasteiger partial charge in [0.05, 0.1) is 0 Å². The molecule has 1 aromatic carbocycles. The van der Waals surface area contributed by atoms with Gasteiger partial charge in [0.25, 0.3) is 5.82 Å². The average Bonchev–Trinajstić information content (AvgIpc) is 2.78. The first kappa shape index (κ1) is 15.6. The van der Waals surface area contributed by atoms with Gasteiger partial charge in [-0.05, 0) is 24.6 Å². The molecule has 0 aliphatic heterocycles. The third kappa shape index (κ3) is 2.97. The highest BCUT2D eigenvalue weighted by molar-refractivity contribution is 7.80. The van der Waals surface area contributed by atoms with Gasteiger partial charge in [0.2, 0.25) is 5.95 Å². The van der Waals surface area contributed by atoms with Gasteiger partial charge < -0.3 is 4.90 Å². The first-order chi connectivity index (χ1) is 9.61. The molecule has 114 valence electrons. The van der Waals surface area contributed by atoms with Crippen LogP contribution in [0, 0.1) is 12.7 Å². The maximum absolute atomic E-state index is 14.0. The van der Waals surface area contributed by atoms with Crippen LogP contribution in [0.4, 0.5) is 23.5 Å². The molecule has 21 heavy (non-hydrogen) atoms. The fraction of sp³-hybridized carbons (Fsp3) is 0.333. The van der Waals surface area contributed by atoms with Crippen molar-refractivity contribution in [1.29, 1.82) is 0 Å². The molecule has 2 aromatic rings. The summed E-state index contributed by atoms with van der Waals surface area (Å²) in [5.74, 6) is -2.16. The van der Waals surface area contributed by atoms with Crippen LogP contribution in [0.3, 0.4) is 0 Å². The molecule has 0 saturated carbocycles. The van der Waals surface area contributed by atoms with Gasteiger partial charge in [-0.2, -0.15) is 22.8 Å². The van der Waals surface area contributed by atoms with Gasteiger partial charge >= 0.3 is 6.18 Å². The summed E-state index contributed by atoms with van der Waals surface area (Å²) >= 11 is 4.15. The average molecular weight is 320 g/mol. The van der Waals surface area contributed by atoms with E-state index >= 15 is 0 Å². The highest BCUT2D eigenvalue weighted by atomic mass is 32.1. The number of benzene rings is 1. The summed E-state index contributed by atoms with van der Waals surface area (Å²) in [7, 11) is 2.99. The third-order valence-electron chi connectivity index (χ3n) is 2.74. The molecule has 0 aliphatic rings. The lowest BCUT2D eigenvalue weighted by Gasteiger charge is -2.13. The van der Waals surface area contributed by atoms with Crippen LogP contribution in [0.5, 0.6) is 0 Å². The molecular formula is C12H12F4N4S. The van der Waals surface area contributed by atoms with Crippen molar-refractivity contribution in [3.63, 3.8) is 0 Å². The predicted molar refractivity (Wildman–Crippen MR) is 72.6 cm³/mol. The van der Waals surface area contributed by atoms with E-state index in [1.807, 2.05) is 0 Å². The summed E-state index contributed by atoms with van der Waals surface area (Å²) in [5.41, 5.74) is 0.430. The quantitative estimate of drug-likeness (QED) is 0.682. The third-order valence-corrected chi connectivity index (χ3v) is 3.22. The molecule has 0 radical (unpaired) electrons. The Balaban J connectivity index is 2.68. The van der Waals surface area contributed by atoms with E-state index in [9.17, 15) is 17.6 Å². The zero-order chi connectivity index (χ0) is 15.9. The summed E-state index contributed by atoms with van der Waals surface area (Å²) in [4.78, 5) is 5.18. The van der Waals surface area contributed by atoms with Crippen molar-refractivity contribution in [1.82, 2.24) is 14.8 Å². The van der Waals surface area contributed by atoms with Gasteiger partial charge in [0, 0.05) is 19.0 Å². The lowest BCUT2D eigenvalue weighted by atomic mass is 10.2. The first-order valence-corrected chi connectivity index (χ1v) is 6.27. The number of hydrogen-bond donors (Lipinski definition) is 1. The fourth-order valence-electron chi connectivity index (χ4n) is 1.69. The zero-order valence-corrected chi connectivity index (χ0v) is 12.3. The zero-order valence-electron chi connectivity index (χ0n) is 11.4. The standard InChI is InChI=1S/C12H12F4N4S/c1-6-4-7(13)8(5-9(6)21)20-11(19(2)3)17-10(18-20)12(14,15)16/h4-5,21H,1-3H3. The number of thiol groups is 1. The molecule has 0 N–H and O–H groups in total. The van der Waals surface area contributed by atoms with Crippen LogP contribution in [0.25, 0.3) is 5.69 Å². The molecule has 9 heteroatoms. The van der Waals surface area contributed by atoms with E-state index < -0.39 is 17.8 Å². The minimum absolute atomic E-state index is 0.127. The smallest absolute Gasteiger partial charge is 0.347 e. The SMILES string of the molecule is Cc1cc(F)c(-n2nc(C(F)(F)F)nc2N(C)C)cc1S. The van der Waals surface area contributed by atoms with Gasteiger partial charge in [-0.15, -0.1) is 17.7 Å². The van der Waals surface area contributed by atoms with Crippen LogP contribution >= 0.6 is 12.6 Å². The second kappa shape index (κ2) is 5.21. The van der Waals surface area contributed by atoms with E-state index in [1.54, 1.807) is 6.92 Å². The number of aryl methyl sites for hydroxylation is 1. The van der Waals surface area contributed by atoms with Crippen molar-refractivity contribution < 1.29 is 17.6 Å². The monoisotopic (exact) mass is 320 g/mol. The molecule has 0 saturated heterocycles. The summed E-state index contributed by atoms with van der Waals surface area (Å²) < 4.78 is 53.1. The Labute approximate surface area is 123 Å². The summed E-state index contributed by atoms with van der Waals surface area (Å²) in [6.07, 6.45) is -4.71. The maximum atomic E-state index is 14.0. The molecule has 4 nitrogen and oxygen atoms in total. The topological polar surface area (TPSA) is 34.0 Å². The van der Waals surface area contributed by atoms with E-state index in [2.05, 4.69) is 22.7 Å². The van der Waals surface area contributed by atoms with E-state index in [4.69, 9.17) is 0 Å². The molecule has 0 unspecified atom stereocenters. The lowest BCUT2D eigenvalue weighted by Crippen LogP contribution is -2.16. The Kier molecular flexibility index (Phi) is 3.87. The first-order valence-electron chi connectivity index (χ1n) is 5.82. The summed E-state index contributed by atoms with van der Waals surface area (Å²) in [6, 6.07) is 2.50. The normalized spacial score (nSPS) is 11.8. The molecular weight excluding hydrogens is 308 g/mol. The van der Waals surface area contributed by atoms with Gasteiger partial charge in [-0.25, -0.2) is 4.39 Å². The Morgan fingerprint density at radius 3 is 2.38 bits per heavy atom. The van der Waals surface area contributed by atoms with Crippen molar-refractivity contribution >= 4 is 18.6 Å². The molecule has 0 fully saturated rings. The number of aromatic nitrogens is 3. The minimum Gasteiger partial charge on any atom is -0.347 e. The summed E-state index contributed by atoms with van der Waals surface area (Å²) in [5, 5.41) is 3.37. The molecule has 0 amide bonds. The van der Waals surface area contributed by atoms with Crippen molar-refractivity contribution in [2.75, 3.05) is 19.0 Å². The van der Waals surface area contributed by atoms with Gasteiger partial charge in [0.15, 0.2) is 0 Å². The number of rotatable bonds is 2. The highest BCUT2D eigenvalue weighted by Crippen LogP contribution is 2.30. The number of hydrogen-bond acceptors (Lipinski definition) is 4. The van der Waals surface area contributed by atoms with Gasteiger partial charge in [-0.3, -0.25) is 0 Å². The van der Waals surface area contributed by atoms with Crippen molar-refractivity contribution in [3.8, 4) is 5.69 Å². The second-order valence-electron chi connectivity index (χ2n) is 4.63. The number of halogens is 4. The molecule has 0 aliphatic carbocycles. The van der Waals surface area contributed by atoms with Crippen LogP contribution in [-0.2, 0) is 6.18 Å². The predicted octanol–water partition coefficient (Wildman–Crippen LogP) is 3.09. The second-order valence-corrected chi connectivity index (χ2v) is 5.11.